The number of halogens is 1. The zero-order chi connectivity index (χ0) is 14.0. The summed E-state index contributed by atoms with van der Waals surface area (Å²) in [6, 6.07) is 6.01. The first kappa shape index (κ1) is 14.4. The van der Waals surface area contributed by atoms with Gasteiger partial charge in [-0.25, -0.2) is 4.98 Å². The van der Waals surface area contributed by atoms with E-state index in [1.54, 1.807) is 11.3 Å². The number of nitrogens with zero attached hydrogens (tertiary/aromatic N) is 1. The Morgan fingerprint density at radius 2 is 2.05 bits per heavy atom. The SMILES string of the molecule is Cc1ccc(NCc2csc(C(C)(C)C)n2)cc1Cl. The molecule has 0 radical (unpaired) electrons. The summed E-state index contributed by atoms with van der Waals surface area (Å²) in [6.45, 7) is 9.28. The molecule has 0 amide bonds. The third-order valence-electron chi connectivity index (χ3n) is 2.84. The number of aryl methyl sites for hydroxylation is 1. The van der Waals surface area contributed by atoms with E-state index in [1.165, 1.54) is 5.01 Å². The molecule has 2 rings (SSSR count). The maximum absolute atomic E-state index is 6.11. The Morgan fingerprint density at radius 3 is 2.63 bits per heavy atom. The number of benzene rings is 1. The quantitative estimate of drug-likeness (QED) is 0.860. The molecule has 0 spiro atoms. The van der Waals surface area contributed by atoms with Crippen molar-refractivity contribution in [3.05, 3.63) is 44.9 Å². The minimum absolute atomic E-state index is 0.121. The van der Waals surface area contributed by atoms with Crippen molar-refractivity contribution in [2.45, 2.75) is 39.7 Å². The zero-order valence-electron chi connectivity index (χ0n) is 11.7. The summed E-state index contributed by atoms with van der Waals surface area (Å²) in [5.74, 6) is 0. The second-order valence-corrected chi connectivity index (χ2v) is 6.98. The van der Waals surface area contributed by atoms with Crippen molar-refractivity contribution in [2.24, 2.45) is 0 Å². The van der Waals surface area contributed by atoms with Gasteiger partial charge in [-0.1, -0.05) is 38.4 Å². The van der Waals surface area contributed by atoms with Crippen LogP contribution in [0.25, 0.3) is 0 Å². The molecule has 0 unspecified atom stereocenters. The maximum Gasteiger partial charge on any atom is 0.0982 e. The third kappa shape index (κ3) is 3.71. The molecule has 0 saturated heterocycles. The van der Waals surface area contributed by atoms with Gasteiger partial charge in [0, 0.05) is 21.5 Å². The predicted octanol–water partition coefficient (Wildman–Crippen LogP) is 5.01. The molecule has 0 aliphatic heterocycles. The number of rotatable bonds is 3. The van der Waals surface area contributed by atoms with Crippen LogP contribution in [0.5, 0.6) is 0 Å². The van der Waals surface area contributed by atoms with Crippen LogP contribution in [0.1, 0.15) is 37.0 Å². The highest BCUT2D eigenvalue weighted by Crippen LogP contribution is 2.26. The monoisotopic (exact) mass is 294 g/mol. The normalized spacial score (nSPS) is 11.6. The first-order chi connectivity index (χ1) is 8.86. The summed E-state index contributed by atoms with van der Waals surface area (Å²) in [7, 11) is 0. The van der Waals surface area contributed by atoms with Crippen LogP contribution in [-0.4, -0.2) is 4.98 Å². The Kier molecular flexibility index (Phi) is 4.16. The number of aromatic nitrogens is 1. The summed E-state index contributed by atoms with van der Waals surface area (Å²) in [5, 5.41) is 7.43. The first-order valence-corrected chi connectivity index (χ1v) is 7.57. The zero-order valence-corrected chi connectivity index (χ0v) is 13.3. The minimum Gasteiger partial charge on any atom is -0.379 e. The van der Waals surface area contributed by atoms with Gasteiger partial charge in [0.15, 0.2) is 0 Å². The fourth-order valence-corrected chi connectivity index (χ4v) is 2.72. The van der Waals surface area contributed by atoms with Crippen LogP contribution in [0, 0.1) is 6.92 Å². The highest BCUT2D eigenvalue weighted by atomic mass is 35.5. The molecule has 2 aromatic rings. The molecule has 4 heteroatoms. The van der Waals surface area contributed by atoms with Crippen molar-refractivity contribution in [1.82, 2.24) is 4.98 Å². The van der Waals surface area contributed by atoms with Crippen molar-refractivity contribution < 1.29 is 0 Å². The number of thiazole rings is 1. The highest BCUT2D eigenvalue weighted by molar-refractivity contribution is 7.09. The number of nitrogens with one attached hydrogen (secondary N) is 1. The van der Waals surface area contributed by atoms with Crippen LogP contribution in [0.2, 0.25) is 5.02 Å². The van der Waals surface area contributed by atoms with E-state index in [2.05, 4.69) is 36.5 Å². The topological polar surface area (TPSA) is 24.9 Å². The van der Waals surface area contributed by atoms with Gasteiger partial charge in [0.25, 0.3) is 0 Å². The van der Waals surface area contributed by atoms with Gasteiger partial charge in [0.2, 0.25) is 0 Å². The van der Waals surface area contributed by atoms with E-state index >= 15 is 0 Å². The van der Waals surface area contributed by atoms with E-state index < -0.39 is 0 Å². The van der Waals surface area contributed by atoms with Crippen LogP contribution in [0.15, 0.2) is 23.6 Å². The van der Waals surface area contributed by atoms with Crippen LogP contribution < -0.4 is 5.32 Å². The van der Waals surface area contributed by atoms with Crippen LogP contribution >= 0.6 is 22.9 Å². The smallest absolute Gasteiger partial charge is 0.0982 e. The van der Waals surface area contributed by atoms with Gasteiger partial charge in [-0.05, 0) is 24.6 Å². The Bertz CT molecular complexity index is 570. The molecule has 0 fully saturated rings. The summed E-state index contributed by atoms with van der Waals surface area (Å²) in [4.78, 5) is 4.66. The van der Waals surface area contributed by atoms with E-state index in [1.807, 2.05) is 25.1 Å². The van der Waals surface area contributed by atoms with Crippen molar-refractivity contribution in [1.29, 1.82) is 0 Å². The molecule has 102 valence electrons. The fourth-order valence-electron chi connectivity index (χ4n) is 1.63. The van der Waals surface area contributed by atoms with Gasteiger partial charge in [0.1, 0.15) is 0 Å². The summed E-state index contributed by atoms with van der Waals surface area (Å²) < 4.78 is 0. The second-order valence-electron chi connectivity index (χ2n) is 5.71. The summed E-state index contributed by atoms with van der Waals surface area (Å²) in [5.41, 5.74) is 3.32. The van der Waals surface area contributed by atoms with Gasteiger partial charge >= 0.3 is 0 Å². The lowest BCUT2D eigenvalue weighted by molar-refractivity contribution is 0.583. The lowest BCUT2D eigenvalue weighted by atomic mass is 9.98. The molecule has 0 aliphatic rings. The van der Waals surface area contributed by atoms with Crippen LogP contribution in [0.3, 0.4) is 0 Å². The molecule has 0 atom stereocenters. The summed E-state index contributed by atoms with van der Waals surface area (Å²) >= 11 is 7.83. The third-order valence-corrected chi connectivity index (χ3v) is 4.56. The van der Waals surface area contributed by atoms with E-state index in [4.69, 9.17) is 11.6 Å². The van der Waals surface area contributed by atoms with E-state index in [-0.39, 0.29) is 5.41 Å². The Morgan fingerprint density at radius 1 is 1.32 bits per heavy atom. The van der Waals surface area contributed by atoms with E-state index in [0.29, 0.717) is 0 Å². The molecular formula is C15H19ClN2S. The van der Waals surface area contributed by atoms with Crippen LogP contribution in [0.4, 0.5) is 5.69 Å². The Labute approximate surface area is 123 Å². The second kappa shape index (κ2) is 5.51. The molecule has 2 nitrogen and oxygen atoms in total. The average molecular weight is 295 g/mol. The maximum atomic E-state index is 6.11. The molecule has 1 aromatic carbocycles. The molecule has 0 aliphatic carbocycles. The average Bonchev–Trinajstić information content (AvgIpc) is 2.79. The Balaban J connectivity index is 2.02. The molecule has 1 heterocycles. The van der Waals surface area contributed by atoms with Crippen molar-refractivity contribution in [2.75, 3.05) is 5.32 Å². The standard InChI is InChI=1S/C15H19ClN2S/c1-10-5-6-11(7-13(10)16)17-8-12-9-19-14(18-12)15(2,3)4/h5-7,9,17H,8H2,1-4H3. The lowest BCUT2D eigenvalue weighted by Gasteiger charge is -2.13. The minimum atomic E-state index is 0.121. The predicted molar refractivity (Wildman–Crippen MR) is 84.3 cm³/mol. The van der Waals surface area contributed by atoms with Gasteiger partial charge in [-0.15, -0.1) is 11.3 Å². The van der Waals surface area contributed by atoms with E-state index in [0.717, 1.165) is 28.5 Å². The molecule has 1 aromatic heterocycles. The van der Waals surface area contributed by atoms with E-state index in [9.17, 15) is 0 Å². The number of hydrogen-bond acceptors (Lipinski definition) is 3. The van der Waals surface area contributed by atoms with Gasteiger partial charge < -0.3 is 5.32 Å². The lowest BCUT2D eigenvalue weighted by Crippen LogP contribution is -2.11. The van der Waals surface area contributed by atoms with Crippen molar-refractivity contribution in [3.8, 4) is 0 Å². The first-order valence-electron chi connectivity index (χ1n) is 6.31. The number of anilines is 1. The molecule has 1 N–H and O–H groups in total. The largest absolute Gasteiger partial charge is 0.379 e. The molecule has 19 heavy (non-hydrogen) atoms. The van der Waals surface area contributed by atoms with Crippen LogP contribution in [-0.2, 0) is 12.0 Å². The molecule has 0 bridgehead atoms. The van der Waals surface area contributed by atoms with Crippen molar-refractivity contribution in [3.63, 3.8) is 0 Å². The number of hydrogen-bond donors (Lipinski definition) is 1. The highest BCUT2D eigenvalue weighted by Gasteiger charge is 2.17. The summed E-state index contributed by atoms with van der Waals surface area (Å²) in [6.07, 6.45) is 0. The fraction of sp³-hybridized carbons (Fsp3) is 0.400. The molecule has 0 saturated carbocycles. The van der Waals surface area contributed by atoms with Gasteiger partial charge in [-0.2, -0.15) is 0 Å². The van der Waals surface area contributed by atoms with Gasteiger partial charge in [0.05, 0.1) is 17.2 Å². The Hall–Kier alpha value is -1.06. The van der Waals surface area contributed by atoms with Gasteiger partial charge in [-0.3, -0.25) is 0 Å². The molecular weight excluding hydrogens is 276 g/mol. The van der Waals surface area contributed by atoms with Crippen molar-refractivity contribution >= 4 is 28.6 Å².